The zero-order valence-corrected chi connectivity index (χ0v) is 10.6. The van der Waals surface area contributed by atoms with Crippen LogP contribution >= 0.6 is 0 Å². The molecule has 0 aliphatic rings. The van der Waals surface area contributed by atoms with Crippen molar-refractivity contribution in [3.8, 4) is 0 Å². The number of hydrogen-bond donors (Lipinski definition) is 1. The minimum Gasteiger partial charge on any atom is -0.459 e. The minimum absolute atomic E-state index is 0.188. The molecule has 0 spiro atoms. The first kappa shape index (κ1) is 12.1. The number of aryl methyl sites for hydroxylation is 1. The maximum absolute atomic E-state index is 6.03. The van der Waals surface area contributed by atoms with Gasteiger partial charge in [0.05, 0.1) is 18.8 Å². The van der Waals surface area contributed by atoms with E-state index in [9.17, 15) is 0 Å². The van der Waals surface area contributed by atoms with Gasteiger partial charge in [0.2, 0.25) is 0 Å². The molecular weight excluding hydrogens is 214 g/mol. The fourth-order valence-corrected chi connectivity index (χ4v) is 1.74. The molecule has 2 rings (SSSR count). The average Bonchev–Trinajstić information content (AvgIpc) is 2.68. The van der Waals surface area contributed by atoms with Crippen molar-refractivity contribution in [3.63, 3.8) is 0 Å². The molecule has 0 aliphatic carbocycles. The molecule has 1 aromatic heterocycles. The predicted octanol–water partition coefficient (Wildman–Crippen LogP) is 3.17. The molecule has 0 amide bonds. The highest BCUT2D eigenvalue weighted by Gasteiger charge is 2.12. The van der Waals surface area contributed by atoms with Crippen LogP contribution in [0.4, 0.5) is 0 Å². The van der Waals surface area contributed by atoms with Crippen LogP contribution in [0.25, 0.3) is 11.0 Å². The van der Waals surface area contributed by atoms with Crippen LogP contribution in [0.5, 0.6) is 0 Å². The zero-order valence-electron chi connectivity index (χ0n) is 10.6. The van der Waals surface area contributed by atoms with Gasteiger partial charge in [0.25, 0.3) is 0 Å². The molecule has 1 atom stereocenters. The fourth-order valence-electron chi connectivity index (χ4n) is 1.74. The highest BCUT2D eigenvalue weighted by atomic mass is 16.5. The number of hydrogen-bond acceptors (Lipinski definition) is 3. The highest BCUT2D eigenvalue weighted by Crippen LogP contribution is 2.24. The lowest BCUT2D eigenvalue weighted by atomic mass is 10.1. The molecule has 3 nitrogen and oxygen atoms in total. The summed E-state index contributed by atoms with van der Waals surface area (Å²) in [5.74, 6) is 0.784. The lowest BCUT2D eigenvalue weighted by Gasteiger charge is -2.11. The molecule has 3 heteroatoms. The number of ether oxygens (including phenoxy) is 1. The molecule has 2 N–H and O–H groups in total. The molecule has 0 radical (unpaired) electrons. The zero-order chi connectivity index (χ0) is 12.4. The summed E-state index contributed by atoms with van der Waals surface area (Å²) in [5.41, 5.74) is 8.13. The molecule has 1 heterocycles. The molecular formula is C14H19NO2. The lowest BCUT2D eigenvalue weighted by Crippen LogP contribution is -2.18. The Bertz CT molecular complexity index is 502. The van der Waals surface area contributed by atoms with E-state index in [2.05, 4.69) is 13.0 Å². The fraction of sp³-hybridized carbons (Fsp3) is 0.429. The Morgan fingerprint density at radius 2 is 2.06 bits per heavy atom. The molecule has 2 aromatic rings. The summed E-state index contributed by atoms with van der Waals surface area (Å²) in [6.45, 7) is 6.54. The van der Waals surface area contributed by atoms with Crippen molar-refractivity contribution in [2.24, 2.45) is 5.73 Å². The van der Waals surface area contributed by atoms with Gasteiger partial charge in [-0.05, 0) is 39.0 Å². The van der Waals surface area contributed by atoms with E-state index in [0.29, 0.717) is 6.61 Å². The minimum atomic E-state index is -0.204. The van der Waals surface area contributed by atoms with Gasteiger partial charge < -0.3 is 14.9 Å². The molecule has 0 bridgehead atoms. The summed E-state index contributed by atoms with van der Waals surface area (Å²) in [7, 11) is 0. The maximum atomic E-state index is 6.03. The first-order valence-corrected chi connectivity index (χ1v) is 5.93. The maximum Gasteiger partial charge on any atom is 0.134 e. The Hall–Kier alpha value is -1.32. The van der Waals surface area contributed by atoms with Gasteiger partial charge in [-0.1, -0.05) is 11.6 Å². The van der Waals surface area contributed by atoms with Gasteiger partial charge in [-0.15, -0.1) is 0 Å². The van der Waals surface area contributed by atoms with E-state index in [4.69, 9.17) is 14.9 Å². The smallest absolute Gasteiger partial charge is 0.134 e. The van der Waals surface area contributed by atoms with Crippen LogP contribution in [0.3, 0.4) is 0 Å². The van der Waals surface area contributed by atoms with Crippen molar-refractivity contribution in [1.82, 2.24) is 0 Å². The second-order valence-corrected chi connectivity index (χ2v) is 4.68. The monoisotopic (exact) mass is 233 g/mol. The van der Waals surface area contributed by atoms with E-state index in [-0.39, 0.29) is 12.1 Å². The SMILES string of the molecule is Cc1ccc2oc(C(N)COC(C)C)cc2c1. The van der Waals surface area contributed by atoms with Gasteiger partial charge in [-0.2, -0.15) is 0 Å². The number of benzene rings is 1. The molecule has 1 unspecified atom stereocenters. The van der Waals surface area contributed by atoms with Crippen molar-refractivity contribution < 1.29 is 9.15 Å². The quantitative estimate of drug-likeness (QED) is 0.882. The summed E-state index contributed by atoms with van der Waals surface area (Å²) in [4.78, 5) is 0. The summed E-state index contributed by atoms with van der Waals surface area (Å²) in [6, 6.07) is 7.90. The van der Waals surface area contributed by atoms with Crippen molar-refractivity contribution in [2.45, 2.75) is 32.9 Å². The molecule has 92 valence electrons. The van der Waals surface area contributed by atoms with Crippen LogP contribution in [-0.4, -0.2) is 12.7 Å². The van der Waals surface area contributed by atoms with Crippen LogP contribution in [-0.2, 0) is 4.74 Å². The first-order chi connectivity index (χ1) is 8.06. The van der Waals surface area contributed by atoms with Crippen molar-refractivity contribution in [1.29, 1.82) is 0 Å². The third-order valence-corrected chi connectivity index (χ3v) is 2.67. The topological polar surface area (TPSA) is 48.4 Å². The molecule has 0 saturated carbocycles. The molecule has 17 heavy (non-hydrogen) atoms. The third-order valence-electron chi connectivity index (χ3n) is 2.67. The summed E-state index contributed by atoms with van der Waals surface area (Å²) >= 11 is 0. The van der Waals surface area contributed by atoms with Crippen LogP contribution in [0.2, 0.25) is 0 Å². The van der Waals surface area contributed by atoms with Crippen molar-refractivity contribution >= 4 is 11.0 Å². The first-order valence-electron chi connectivity index (χ1n) is 5.93. The average molecular weight is 233 g/mol. The molecule has 0 fully saturated rings. The van der Waals surface area contributed by atoms with E-state index in [1.807, 2.05) is 32.0 Å². The molecule has 1 aromatic carbocycles. The van der Waals surface area contributed by atoms with Gasteiger partial charge >= 0.3 is 0 Å². The van der Waals surface area contributed by atoms with E-state index in [1.54, 1.807) is 0 Å². The second-order valence-electron chi connectivity index (χ2n) is 4.68. The van der Waals surface area contributed by atoms with Gasteiger partial charge in [0.15, 0.2) is 0 Å². The Morgan fingerprint density at radius 3 is 2.76 bits per heavy atom. The van der Waals surface area contributed by atoms with Gasteiger partial charge in [-0.3, -0.25) is 0 Å². The number of furan rings is 1. The lowest BCUT2D eigenvalue weighted by molar-refractivity contribution is 0.0649. The van der Waals surface area contributed by atoms with Crippen LogP contribution in [0.1, 0.15) is 31.2 Å². The Balaban J connectivity index is 2.18. The molecule has 0 saturated heterocycles. The Kier molecular flexibility index (Phi) is 3.50. The van der Waals surface area contributed by atoms with Gasteiger partial charge in [-0.25, -0.2) is 0 Å². The number of rotatable bonds is 4. The van der Waals surface area contributed by atoms with E-state index < -0.39 is 0 Å². The Labute approximate surface area is 102 Å². The number of fused-ring (bicyclic) bond motifs is 1. The van der Waals surface area contributed by atoms with Crippen LogP contribution in [0.15, 0.2) is 28.7 Å². The van der Waals surface area contributed by atoms with E-state index in [0.717, 1.165) is 16.7 Å². The van der Waals surface area contributed by atoms with Gasteiger partial charge in [0.1, 0.15) is 11.3 Å². The van der Waals surface area contributed by atoms with Crippen molar-refractivity contribution in [2.75, 3.05) is 6.61 Å². The number of nitrogens with two attached hydrogens (primary N) is 1. The van der Waals surface area contributed by atoms with Crippen molar-refractivity contribution in [3.05, 3.63) is 35.6 Å². The second kappa shape index (κ2) is 4.90. The third kappa shape index (κ3) is 2.87. The van der Waals surface area contributed by atoms with Crippen LogP contribution in [0, 0.1) is 6.92 Å². The molecule has 0 aliphatic heterocycles. The summed E-state index contributed by atoms with van der Waals surface area (Å²) in [6.07, 6.45) is 0.188. The van der Waals surface area contributed by atoms with E-state index >= 15 is 0 Å². The summed E-state index contributed by atoms with van der Waals surface area (Å²) < 4.78 is 11.2. The normalized spacial score (nSPS) is 13.5. The standard InChI is InChI=1S/C14H19NO2/c1-9(2)16-8-12(15)14-7-11-6-10(3)4-5-13(11)17-14/h4-7,9,12H,8,15H2,1-3H3. The van der Waals surface area contributed by atoms with E-state index in [1.165, 1.54) is 5.56 Å². The highest BCUT2D eigenvalue weighted by molar-refractivity contribution is 5.78. The predicted molar refractivity (Wildman–Crippen MR) is 69.0 cm³/mol. The Morgan fingerprint density at radius 1 is 1.29 bits per heavy atom. The van der Waals surface area contributed by atoms with Gasteiger partial charge in [0, 0.05) is 5.39 Å². The van der Waals surface area contributed by atoms with Crippen LogP contribution < -0.4 is 5.73 Å². The summed E-state index contributed by atoms with van der Waals surface area (Å²) in [5, 5.41) is 1.10. The largest absolute Gasteiger partial charge is 0.459 e.